The third-order valence-electron chi connectivity index (χ3n) is 1.38. The maximum Gasteiger partial charge on any atom is 0.191 e. The van der Waals surface area contributed by atoms with Crippen LogP contribution in [0.4, 0.5) is 5.82 Å². The van der Waals surface area contributed by atoms with E-state index in [0.29, 0.717) is 10.1 Å². The van der Waals surface area contributed by atoms with E-state index in [2.05, 4.69) is 10.2 Å². The second-order valence-corrected chi connectivity index (χ2v) is 3.75. The summed E-state index contributed by atoms with van der Waals surface area (Å²) in [7, 11) is 0. The van der Waals surface area contributed by atoms with E-state index in [9.17, 15) is 0 Å². The molecule has 0 aliphatic rings. The van der Waals surface area contributed by atoms with Crippen LogP contribution in [-0.2, 0) is 0 Å². The molecule has 6 heteroatoms. The normalized spacial score (nSPS) is 9.31. The Labute approximate surface area is 85.9 Å². The Hall–Kier alpha value is -1.06. The number of rotatable bonds is 1. The van der Waals surface area contributed by atoms with Crippen molar-refractivity contribution < 1.29 is 0 Å². The predicted molar refractivity (Wildman–Crippen MR) is 57.5 cm³/mol. The molecule has 0 amide bonds. The van der Waals surface area contributed by atoms with Gasteiger partial charge in [-0.05, 0) is 13.2 Å². The molecule has 1 rings (SSSR count). The molecule has 0 saturated heterocycles. The zero-order valence-electron chi connectivity index (χ0n) is 7.24. The molecule has 1 aromatic rings. The van der Waals surface area contributed by atoms with E-state index >= 15 is 0 Å². The minimum Gasteiger partial charge on any atom is -0.281 e. The Balaban J connectivity index is 2.92. The molecular formula is C7H8N4S2. The van der Waals surface area contributed by atoms with E-state index in [1.54, 1.807) is 6.07 Å². The topological polar surface area (TPSA) is 55.7 Å². The highest BCUT2D eigenvalue weighted by Gasteiger charge is 2.12. The molecule has 0 aliphatic heterocycles. The molecule has 1 aromatic heterocycles. The SMILES string of the molecule is CSC(=S)N(C#N)c1cc(C)[nH]n1. The minimum atomic E-state index is 0.494. The number of aromatic nitrogens is 2. The van der Waals surface area contributed by atoms with Gasteiger partial charge < -0.3 is 0 Å². The highest BCUT2D eigenvalue weighted by molar-refractivity contribution is 8.22. The molecule has 0 spiro atoms. The number of hydrogen-bond donors (Lipinski definition) is 1. The van der Waals surface area contributed by atoms with E-state index < -0.39 is 0 Å². The summed E-state index contributed by atoms with van der Waals surface area (Å²) < 4.78 is 0.494. The van der Waals surface area contributed by atoms with Crippen molar-refractivity contribution in [1.82, 2.24) is 10.2 Å². The molecule has 0 aliphatic carbocycles. The van der Waals surface area contributed by atoms with Crippen molar-refractivity contribution in [3.05, 3.63) is 11.8 Å². The molecule has 0 atom stereocenters. The Morgan fingerprint density at radius 3 is 2.92 bits per heavy atom. The average Bonchev–Trinajstić information content (AvgIpc) is 2.53. The van der Waals surface area contributed by atoms with Gasteiger partial charge in [0.05, 0.1) is 0 Å². The summed E-state index contributed by atoms with van der Waals surface area (Å²) in [5.41, 5.74) is 0.902. The first-order valence-electron chi connectivity index (χ1n) is 3.49. The standard InChI is InChI=1S/C7H8N4S2/c1-5-3-6(10-9-5)11(4-8)7(12)13-2/h3H,1-2H3,(H,9,10). The monoisotopic (exact) mass is 212 g/mol. The van der Waals surface area contributed by atoms with Crippen molar-refractivity contribution in [2.24, 2.45) is 0 Å². The van der Waals surface area contributed by atoms with Crippen LogP contribution in [0.3, 0.4) is 0 Å². The van der Waals surface area contributed by atoms with Crippen LogP contribution in [0.15, 0.2) is 6.07 Å². The fourth-order valence-electron chi connectivity index (χ4n) is 0.795. The number of thiocarbonyl (C=S) groups is 1. The molecule has 0 aromatic carbocycles. The number of thioether (sulfide) groups is 1. The smallest absolute Gasteiger partial charge is 0.191 e. The lowest BCUT2D eigenvalue weighted by atomic mass is 10.4. The van der Waals surface area contributed by atoms with Crippen molar-refractivity contribution in [2.75, 3.05) is 11.2 Å². The summed E-state index contributed by atoms with van der Waals surface area (Å²) in [5, 5.41) is 15.5. The summed E-state index contributed by atoms with van der Waals surface area (Å²) in [6, 6.07) is 1.77. The third kappa shape index (κ3) is 2.20. The number of H-pyrrole nitrogens is 1. The zero-order valence-corrected chi connectivity index (χ0v) is 8.87. The fourth-order valence-corrected chi connectivity index (χ4v) is 1.25. The van der Waals surface area contributed by atoms with Gasteiger partial charge in [0.2, 0.25) is 0 Å². The lowest BCUT2D eigenvalue weighted by molar-refractivity contribution is 1.04. The predicted octanol–water partition coefficient (Wildman–Crippen LogP) is 1.65. The van der Waals surface area contributed by atoms with Crippen LogP contribution >= 0.6 is 24.0 Å². The van der Waals surface area contributed by atoms with E-state index in [4.69, 9.17) is 17.5 Å². The van der Waals surface area contributed by atoms with Crippen LogP contribution < -0.4 is 4.90 Å². The molecule has 68 valence electrons. The maximum absolute atomic E-state index is 8.81. The molecule has 0 radical (unpaired) electrons. The molecule has 1 heterocycles. The van der Waals surface area contributed by atoms with Gasteiger partial charge in [0, 0.05) is 11.8 Å². The van der Waals surface area contributed by atoms with Gasteiger partial charge in [-0.25, -0.2) is 4.90 Å². The average molecular weight is 212 g/mol. The summed E-state index contributed by atoms with van der Waals surface area (Å²) in [6.07, 6.45) is 3.80. The van der Waals surface area contributed by atoms with Crippen LogP contribution in [0.25, 0.3) is 0 Å². The Bertz CT molecular complexity index is 352. The highest BCUT2D eigenvalue weighted by Crippen LogP contribution is 2.15. The quantitative estimate of drug-likeness (QED) is 0.436. The van der Waals surface area contributed by atoms with Gasteiger partial charge in [-0.15, -0.1) is 0 Å². The molecule has 1 N–H and O–H groups in total. The molecule has 13 heavy (non-hydrogen) atoms. The number of aryl methyl sites for hydroxylation is 1. The first-order valence-corrected chi connectivity index (χ1v) is 5.12. The first-order chi connectivity index (χ1) is 6.19. The summed E-state index contributed by atoms with van der Waals surface area (Å²) >= 11 is 6.32. The lowest BCUT2D eigenvalue weighted by Gasteiger charge is -2.09. The summed E-state index contributed by atoms with van der Waals surface area (Å²) in [6.45, 7) is 1.87. The van der Waals surface area contributed by atoms with E-state index in [1.165, 1.54) is 16.7 Å². The van der Waals surface area contributed by atoms with E-state index in [0.717, 1.165) is 5.69 Å². The minimum absolute atomic E-state index is 0.494. The number of nitrogens with zero attached hydrogens (tertiary/aromatic N) is 3. The Kier molecular flexibility index (Phi) is 3.28. The van der Waals surface area contributed by atoms with Gasteiger partial charge in [-0.3, -0.25) is 5.10 Å². The first kappa shape index (κ1) is 10.0. The van der Waals surface area contributed by atoms with Crippen LogP contribution in [-0.4, -0.2) is 20.8 Å². The van der Waals surface area contributed by atoms with Gasteiger partial charge in [-0.2, -0.15) is 10.4 Å². The largest absolute Gasteiger partial charge is 0.281 e. The molecule has 0 bridgehead atoms. The van der Waals surface area contributed by atoms with Crippen molar-refractivity contribution in [2.45, 2.75) is 6.92 Å². The Morgan fingerprint density at radius 2 is 2.54 bits per heavy atom. The van der Waals surface area contributed by atoms with Crippen molar-refractivity contribution in [3.63, 3.8) is 0 Å². The van der Waals surface area contributed by atoms with Gasteiger partial charge in [0.25, 0.3) is 0 Å². The van der Waals surface area contributed by atoms with Gasteiger partial charge in [0.1, 0.15) is 0 Å². The number of hydrogen-bond acceptors (Lipinski definition) is 4. The van der Waals surface area contributed by atoms with E-state index in [1.807, 2.05) is 19.4 Å². The van der Waals surface area contributed by atoms with Gasteiger partial charge in [-0.1, -0.05) is 24.0 Å². The molecule has 0 saturated carbocycles. The van der Waals surface area contributed by atoms with Crippen molar-refractivity contribution in [1.29, 1.82) is 5.26 Å². The second kappa shape index (κ2) is 4.25. The zero-order chi connectivity index (χ0) is 9.84. The number of aromatic amines is 1. The van der Waals surface area contributed by atoms with E-state index in [-0.39, 0.29) is 0 Å². The summed E-state index contributed by atoms with van der Waals surface area (Å²) in [4.78, 5) is 1.31. The van der Waals surface area contributed by atoms with Gasteiger partial charge in [0.15, 0.2) is 16.3 Å². The van der Waals surface area contributed by atoms with Crippen molar-refractivity contribution in [3.8, 4) is 6.19 Å². The molecule has 4 nitrogen and oxygen atoms in total. The number of nitrogens with one attached hydrogen (secondary N) is 1. The van der Waals surface area contributed by atoms with Crippen molar-refractivity contribution >= 4 is 34.1 Å². The maximum atomic E-state index is 8.81. The van der Waals surface area contributed by atoms with Crippen LogP contribution in [0, 0.1) is 18.4 Å². The van der Waals surface area contributed by atoms with Crippen LogP contribution in [0.2, 0.25) is 0 Å². The van der Waals surface area contributed by atoms with Crippen LogP contribution in [0.1, 0.15) is 5.69 Å². The Morgan fingerprint density at radius 1 is 1.85 bits per heavy atom. The molecule has 0 fully saturated rings. The number of anilines is 1. The highest BCUT2D eigenvalue weighted by atomic mass is 32.2. The number of nitriles is 1. The fraction of sp³-hybridized carbons (Fsp3) is 0.286. The van der Waals surface area contributed by atoms with Gasteiger partial charge >= 0.3 is 0 Å². The lowest BCUT2D eigenvalue weighted by Crippen LogP contribution is -2.20. The third-order valence-corrected chi connectivity index (χ3v) is 2.59. The van der Waals surface area contributed by atoms with Crippen LogP contribution in [0.5, 0.6) is 0 Å². The summed E-state index contributed by atoms with van der Waals surface area (Å²) in [5.74, 6) is 0.541. The second-order valence-electron chi connectivity index (χ2n) is 2.31. The molecule has 0 unspecified atom stereocenters. The molecular weight excluding hydrogens is 204 g/mol.